The molecule has 1 N–H and O–H groups in total. The van der Waals surface area contributed by atoms with Crippen molar-refractivity contribution >= 4 is 11.8 Å². The first kappa shape index (κ1) is 19.4. The number of carbonyl (C=O) groups excluding carboxylic acids is 2. The van der Waals surface area contributed by atoms with Crippen molar-refractivity contribution in [3.8, 4) is 11.8 Å². The van der Waals surface area contributed by atoms with E-state index in [0.717, 1.165) is 11.4 Å². The Balaban J connectivity index is 2.45. The minimum Gasteiger partial charge on any atom is -0.428 e. The van der Waals surface area contributed by atoms with Crippen LogP contribution in [0.2, 0.25) is 0 Å². The number of esters is 1. The predicted octanol–water partition coefficient (Wildman–Crippen LogP) is 2.93. The van der Waals surface area contributed by atoms with Crippen LogP contribution in [0.5, 0.6) is 0 Å². The van der Waals surface area contributed by atoms with Crippen LogP contribution in [0, 0.1) is 25.2 Å². The third-order valence-corrected chi connectivity index (χ3v) is 4.32. The van der Waals surface area contributed by atoms with Gasteiger partial charge in [0.15, 0.2) is 0 Å². The van der Waals surface area contributed by atoms with E-state index < -0.39 is 23.5 Å². The molecule has 0 aliphatic heterocycles. The molecule has 6 nitrogen and oxygen atoms in total. The summed E-state index contributed by atoms with van der Waals surface area (Å²) in [6, 6.07) is 12.7. The Labute approximate surface area is 152 Å². The number of aliphatic hydroxyl groups is 1. The van der Waals surface area contributed by atoms with Crippen LogP contribution in [0.25, 0.3) is 5.69 Å². The monoisotopic (exact) mass is 354 g/mol. The maximum Gasteiger partial charge on any atom is 0.378 e. The van der Waals surface area contributed by atoms with E-state index in [0.29, 0.717) is 11.3 Å². The minimum absolute atomic E-state index is 0.127. The van der Waals surface area contributed by atoms with E-state index in [1.54, 1.807) is 31.2 Å². The van der Waals surface area contributed by atoms with Crippen molar-refractivity contribution in [2.45, 2.75) is 45.8 Å². The maximum absolute atomic E-state index is 12.5. The molecule has 0 radical (unpaired) electrons. The normalized spacial score (nSPS) is 14.2. The number of Topliss-reactive ketones (excluding diaryl/α,β-unsaturated/α-hetero) is 1. The second-order valence-corrected chi connectivity index (χ2v) is 6.35. The number of hydrogen-bond acceptors (Lipinski definition) is 5. The van der Waals surface area contributed by atoms with E-state index in [4.69, 9.17) is 4.74 Å². The smallest absolute Gasteiger partial charge is 0.378 e. The quantitative estimate of drug-likeness (QED) is 0.489. The summed E-state index contributed by atoms with van der Waals surface area (Å²) in [7, 11) is 0. The second kappa shape index (κ2) is 7.54. The third kappa shape index (κ3) is 3.84. The summed E-state index contributed by atoms with van der Waals surface area (Å²) in [6.07, 6.45) is 0.127. The number of aryl methyl sites for hydroxylation is 2. The van der Waals surface area contributed by atoms with E-state index in [1.165, 1.54) is 6.92 Å². The summed E-state index contributed by atoms with van der Waals surface area (Å²) in [5.41, 5.74) is 2.95. The third-order valence-electron chi connectivity index (χ3n) is 4.32. The fraction of sp³-hybridized carbons (Fsp3) is 0.350. The topological polar surface area (TPSA) is 92.3 Å². The molecule has 2 unspecified atom stereocenters. The van der Waals surface area contributed by atoms with Crippen molar-refractivity contribution in [1.82, 2.24) is 4.57 Å². The molecule has 0 fully saturated rings. The van der Waals surface area contributed by atoms with Gasteiger partial charge in [-0.3, -0.25) is 4.79 Å². The number of nitriles is 1. The second-order valence-electron chi connectivity index (χ2n) is 6.35. The lowest BCUT2D eigenvalue weighted by atomic mass is 9.94. The number of aromatic nitrogens is 1. The molecule has 0 spiro atoms. The first-order valence-electron chi connectivity index (χ1n) is 8.35. The summed E-state index contributed by atoms with van der Waals surface area (Å²) in [4.78, 5) is 24.7. The standard InChI is InChI=1S/C20H22N2O4/c1-5-20(4,25)26-19(24)18(23)16(12-21)15-8-6-7-9-17(15)22-13(2)10-11-14(22)3/h6-11,16,25H,5H2,1-4H3. The average Bonchev–Trinajstić information content (AvgIpc) is 2.94. The van der Waals surface area contributed by atoms with E-state index in [9.17, 15) is 20.0 Å². The van der Waals surface area contributed by atoms with Gasteiger partial charge in [0.25, 0.3) is 5.78 Å². The molecule has 6 heteroatoms. The van der Waals surface area contributed by atoms with E-state index in [1.807, 2.05) is 36.6 Å². The summed E-state index contributed by atoms with van der Waals surface area (Å²) in [6.45, 7) is 6.74. The zero-order chi connectivity index (χ0) is 19.5. The molecule has 0 aliphatic carbocycles. The van der Waals surface area contributed by atoms with Crippen LogP contribution in [0.3, 0.4) is 0 Å². The van der Waals surface area contributed by atoms with Gasteiger partial charge in [-0.25, -0.2) is 4.79 Å². The lowest BCUT2D eigenvalue weighted by Gasteiger charge is -2.22. The Morgan fingerprint density at radius 2 is 1.81 bits per heavy atom. The Hall–Kier alpha value is -2.91. The number of hydrogen-bond donors (Lipinski definition) is 1. The molecule has 1 aromatic carbocycles. The van der Waals surface area contributed by atoms with Crippen LogP contribution in [0.1, 0.15) is 43.1 Å². The minimum atomic E-state index is -1.75. The number of ether oxygens (including phenoxy) is 1. The lowest BCUT2D eigenvalue weighted by Crippen LogP contribution is -2.35. The number of ketones is 1. The SMILES string of the molecule is CCC(C)(O)OC(=O)C(=O)C(C#N)c1ccccc1-n1c(C)ccc1C. The number of nitrogens with zero attached hydrogens (tertiary/aromatic N) is 2. The zero-order valence-electron chi connectivity index (χ0n) is 15.3. The van der Waals surface area contributed by atoms with Crippen LogP contribution in [-0.2, 0) is 14.3 Å². The van der Waals surface area contributed by atoms with Gasteiger partial charge in [-0.2, -0.15) is 5.26 Å². The molecule has 0 amide bonds. The molecule has 1 heterocycles. The Bertz CT molecular complexity index is 855. The van der Waals surface area contributed by atoms with Gasteiger partial charge in [0.2, 0.25) is 5.79 Å². The molecule has 1 aromatic heterocycles. The molecule has 0 bridgehead atoms. The number of rotatable bonds is 6. The fourth-order valence-corrected chi connectivity index (χ4v) is 2.69. The molecule has 0 saturated carbocycles. The molecular weight excluding hydrogens is 332 g/mol. The highest BCUT2D eigenvalue weighted by atomic mass is 16.7. The van der Waals surface area contributed by atoms with Gasteiger partial charge in [-0.1, -0.05) is 25.1 Å². The van der Waals surface area contributed by atoms with Gasteiger partial charge in [0, 0.05) is 30.3 Å². The molecular formula is C20H22N2O4. The Morgan fingerprint density at radius 3 is 2.35 bits per heavy atom. The van der Waals surface area contributed by atoms with Crippen molar-refractivity contribution in [3.63, 3.8) is 0 Å². The largest absolute Gasteiger partial charge is 0.428 e. The number of benzene rings is 1. The summed E-state index contributed by atoms with van der Waals surface area (Å²) >= 11 is 0. The maximum atomic E-state index is 12.5. The van der Waals surface area contributed by atoms with Crippen LogP contribution in [0.15, 0.2) is 36.4 Å². The van der Waals surface area contributed by atoms with E-state index >= 15 is 0 Å². The van der Waals surface area contributed by atoms with E-state index in [2.05, 4.69) is 0 Å². The van der Waals surface area contributed by atoms with Gasteiger partial charge < -0.3 is 14.4 Å². The van der Waals surface area contributed by atoms with Gasteiger partial charge >= 0.3 is 5.97 Å². The van der Waals surface area contributed by atoms with Crippen molar-refractivity contribution in [2.75, 3.05) is 0 Å². The highest BCUT2D eigenvalue weighted by molar-refractivity contribution is 6.36. The van der Waals surface area contributed by atoms with E-state index in [-0.39, 0.29) is 6.42 Å². The van der Waals surface area contributed by atoms with Crippen molar-refractivity contribution < 1.29 is 19.4 Å². The lowest BCUT2D eigenvalue weighted by molar-refractivity contribution is -0.203. The highest BCUT2D eigenvalue weighted by Crippen LogP contribution is 2.27. The molecule has 2 rings (SSSR count). The molecule has 2 aromatic rings. The fourth-order valence-electron chi connectivity index (χ4n) is 2.69. The highest BCUT2D eigenvalue weighted by Gasteiger charge is 2.34. The van der Waals surface area contributed by atoms with Crippen LogP contribution < -0.4 is 0 Å². The van der Waals surface area contributed by atoms with Gasteiger partial charge in [0.1, 0.15) is 5.92 Å². The summed E-state index contributed by atoms with van der Waals surface area (Å²) < 4.78 is 6.76. The van der Waals surface area contributed by atoms with Crippen LogP contribution in [0.4, 0.5) is 0 Å². The first-order valence-corrected chi connectivity index (χ1v) is 8.35. The summed E-state index contributed by atoms with van der Waals surface area (Å²) in [5, 5.41) is 19.4. The van der Waals surface area contributed by atoms with Crippen molar-refractivity contribution in [1.29, 1.82) is 5.26 Å². The molecule has 0 aliphatic rings. The Morgan fingerprint density at radius 1 is 1.23 bits per heavy atom. The molecule has 0 saturated heterocycles. The molecule has 136 valence electrons. The zero-order valence-corrected chi connectivity index (χ0v) is 15.3. The molecule has 2 atom stereocenters. The summed E-state index contributed by atoms with van der Waals surface area (Å²) in [5.74, 6) is -5.30. The van der Waals surface area contributed by atoms with Crippen molar-refractivity contribution in [2.24, 2.45) is 0 Å². The van der Waals surface area contributed by atoms with Gasteiger partial charge in [0.05, 0.1) is 11.8 Å². The number of carbonyl (C=O) groups is 2. The van der Waals surface area contributed by atoms with Crippen LogP contribution >= 0.6 is 0 Å². The number of para-hydroxylation sites is 1. The van der Waals surface area contributed by atoms with Crippen molar-refractivity contribution in [3.05, 3.63) is 53.3 Å². The van der Waals surface area contributed by atoms with Gasteiger partial charge in [-0.05, 0) is 32.0 Å². The predicted molar refractivity (Wildman–Crippen MR) is 95.6 cm³/mol. The average molecular weight is 354 g/mol. The van der Waals surface area contributed by atoms with Gasteiger partial charge in [-0.15, -0.1) is 0 Å². The Kier molecular flexibility index (Phi) is 5.63. The van der Waals surface area contributed by atoms with Crippen LogP contribution in [-0.4, -0.2) is 27.2 Å². The first-order chi connectivity index (χ1) is 12.2. The molecule has 26 heavy (non-hydrogen) atoms.